The lowest BCUT2D eigenvalue weighted by Gasteiger charge is -2.48. The number of anilines is 1. The van der Waals surface area contributed by atoms with Crippen LogP contribution in [0.4, 0.5) is 5.95 Å². The molecule has 34 heavy (non-hydrogen) atoms. The van der Waals surface area contributed by atoms with Crippen LogP contribution in [0, 0.1) is 11.3 Å². The molecule has 0 amide bonds. The number of aromatic nitrogens is 3. The highest BCUT2D eigenvalue weighted by Gasteiger charge is 2.39. The maximum absolute atomic E-state index is 10.7. The van der Waals surface area contributed by atoms with E-state index in [0.717, 1.165) is 18.4 Å². The van der Waals surface area contributed by atoms with E-state index in [1.807, 2.05) is 20.0 Å². The molecule has 2 aromatic rings. The Morgan fingerprint density at radius 2 is 1.94 bits per heavy atom. The van der Waals surface area contributed by atoms with E-state index in [1.165, 1.54) is 0 Å². The van der Waals surface area contributed by atoms with Gasteiger partial charge in [0.1, 0.15) is 11.4 Å². The number of rotatable bonds is 6. The third-order valence-electron chi connectivity index (χ3n) is 6.24. The zero-order valence-corrected chi connectivity index (χ0v) is 21.2. The average molecular weight is 462 g/mol. The van der Waals surface area contributed by atoms with Gasteiger partial charge in [-0.05, 0) is 64.7 Å². The molecule has 1 aromatic heterocycles. The van der Waals surface area contributed by atoms with Gasteiger partial charge in [0, 0.05) is 54.1 Å². The number of aromatic hydroxyl groups is 1. The number of aliphatic imine (C=N–C) groups is 1. The number of allylic oxidation sites excluding steroid dienone is 2. The molecule has 1 aromatic carbocycles. The number of nitrogens with zero attached hydrogens (tertiary/aromatic N) is 6. The summed E-state index contributed by atoms with van der Waals surface area (Å²) in [5.74, 6) is 0.608. The molecule has 0 saturated carbocycles. The highest BCUT2D eigenvalue weighted by atomic mass is 16.3. The van der Waals surface area contributed by atoms with Crippen molar-refractivity contribution in [1.29, 1.82) is 5.26 Å². The molecule has 8 nitrogen and oxygen atoms in total. The van der Waals surface area contributed by atoms with Crippen LogP contribution < -0.4 is 10.2 Å². The summed E-state index contributed by atoms with van der Waals surface area (Å²) in [6.45, 7) is 10.8. The average Bonchev–Trinajstić information content (AvgIpc) is 2.77. The van der Waals surface area contributed by atoms with E-state index in [1.54, 1.807) is 31.6 Å². The van der Waals surface area contributed by atoms with Gasteiger partial charge in [0.2, 0.25) is 5.95 Å². The SMILES string of the molecule is CC/C(C#N)=C(\C=NC)c1ccc(-c2cnc(N(C)C3CC(C)(C)NC(C)(C)C3)nn2)c(O)c1. The summed E-state index contributed by atoms with van der Waals surface area (Å²) in [5.41, 5.74) is 3.07. The molecule has 3 rings (SSSR count). The molecular formula is C26H35N7O. The summed E-state index contributed by atoms with van der Waals surface area (Å²) in [7, 11) is 3.67. The van der Waals surface area contributed by atoms with Crippen molar-refractivity contribution in [2.24, 2.45) is 4.99 Å². The molecule has 1 saturated heterocycles. The molecule has 1 aliphatic heterocycles. The van der Waals surface area contributed by atoms with Gasteiger partial charge >= 0.3 is 0 Å². The minimum atomic E-state index is 0.0144. The molecule has 0 unspecified atom stereocenters. The van der Waals surface area contributed by atoms with Gasteiger partial charge < -0.3 is 15.3 Å². The number of piperidine rings is 1. The van der Waals surface area contributed by atoms with Crippen LogP contribution in [0.25, 0.3) is 16.8 Å². The summed E-state index contributed by atoms with van der Waals surface area (Å²) in [5, 5.41) is 32.6. The van der Waals surface area contributed by atoms with Crippen molar-refractivity contribution >= 4 is 17.7 Å². The van der Waals surface area contributed by atoms with Gasteiger partial charge in [0.25, 0.3) is 0 Å². The van der Waals surface area contributed by atoms with Crippen LogP contribution in [0.1, 0.15) is 59.4 Å². The summed E-state index contributed by atoms with van der Waals surface area (Å²) >= 11 is 0. The summed E-state index contributed by atoms with van der Waals surface area (Å²) in [6.07, 6.45) is 5.81. The highest BCUT2D eigenvalue weighted by Crippen LogP contribution is 2.34. The smallest absolute Gasteiger partial charge is 0.245 e. The van der Waals surface area contributed by atoms with Gasteiger partial charge in [-0.1, -0.05) is 13.0 Å². The van der Waals surface area contributed by atoms with Gasteiger partial charge in [-0.2, -0.15) is 5.26 Å². The van der Waals surface area contributed by atoms with Crippen LogP contribution in [0.3, 0.4) is 0 Å². The topological polar surface area (TPSA) is 110 Å². The third kappa shape index (κ3) is 5.60. The molecule has 180 valence electrons. The lowest BCUT2D eigenvalue weighted by Crippen LogP contribution is -2.62. The van der Waals surface area contributed by atoms with E-state index in [4.69, 9.17) is 0 Å². The van der Waals surface area contributed by atoms with Crippen LogP contribution in [0.2, 0.25) is 0 Å². The van der Waals surface area contributed by atoms with E-state index < -0.39 is 0 Å². The lowest BCUT2D eigenvalue weighted by molar-refractivity contribution is 0.160. The van der Waals surface area contributed by atoms with E-state index in [-0.39, 0.29) is 22.9 Å². The van der Waals surface area contributed by atoms with Gasteiger partial charge in [-0.3, -0.25) is 4.99 Å². The first-order valence-corrected chi connectivity index (χ1v) is 11.6. The number of hydrogen-bond donors (Lipinski definition) is 2. The number of nitrogens with one attached hydrogen (secondary N) is 1. The zero-order chi connectivity index (χ0) is 25.1. The molecule has 1 aliphatic rings. The molecule has 0 aliphatic carbocycles. The Labute approximate surface area is 202 Å². The molecule has 0 spiro atoms. The maximum atomic E-state index is 10.7. The lowest BCUT2D eigenvalue weighted by atomic mass is 9.79. The van der Waals surface area contributed by atoms with Crippen molar-refractivity contribution in [1.82, 2.24) is 20.5 Å². The van der Waals surface area contributed by atoms with Crippen LogP contribution in [0.5, 0.6) is 5.75 Å². The number of phenolic OH excluding ortho intramolecular Hbond substituents is 1. The van der Waals surface area contributed by atoms with Crippen molar-refractivity contribution in [3.63, 3.8) is 0 Å². The van der Waals surface area contributed by atoms with Gasteiger partial charge in [0.15, 0.2) is 0 Å². The van der Waals surface area contributed by atoms with Gasteiger partial charge in [-0.15, -0.1) is 10.2 Å². The first-order chi connectivity index (χ1) is 16.0. The van der Waals surface area contributed by atoms with E-state index in [0.29, 0.717) is 34.8 Å². The van der Waals surface area contributed by atoms with Crippen molar-refractivity contribution in [3.05, 3.63) is 35.5 Å². The molecule has 0 atom stereocenters. The summed E-state index contributed by atoms with van der Waals surface area (Å²) in [4.78, 5) is 10.7. The predicted molar refractivity (Wildman–Crippen MR) is 137 cm³/mol. The second-order valence-corrected chi connectivity index (χ2v) is 10.2. The van der Waals surface area contributed by atoms with Gasteiger partial charge in [-0.25, -0.2) is 4.98 Å². The summed E-state index contributed by atoms with van der Waals surface area (Å²) < 4.78 is 0. The fourth-order valence-electron chi connectivity index (χ4n) is 4.96. The first kappa shape index (κ1) is 25.3. The largest absolute Gasteiger partial charge is 0.507 e. The van der Waals surface area contributed by atoms with Crippen molar-refractivity contribution < 1.29 is 5.11 Å². The molecule has 0 radical (unpaired) electrons. The minimum Gasteiger partial charge on any atom is -0.507 e. The van der Waals surface area contributed by atoms with E-state index >= 15 is 0 Å². The Hall–Kier alpha value is -3.31. The molecule has 8 heteroatoms. The van der Waals surface area contributed by atoms with Crippen molar-refractivity contribution in [3.8, 4) is 23.1 Å². The zero-order valence-electron chi connectivity index (χ0n) is 21.2. The third-order valence-corrected chi connectivity index (χ3v) is 6.24. The monoisotopic (exact) mass is 461 g/mol. The molecule has 0 bridgehead atoms. The second kappa shape index (κ2) is 9.90. The molecule has 2 N–H and O–H groups in total. The molecular weight excluding hydrogens is 426 g/mol. The van der Waals surface area contributed by atoms with E-state index in [2.05, 4.69) is 64.2 Å². The second-order valence-electron chi connectivity index (χ2n) is 10.2. The molecule has 2 heterocycles. The fourth-order valence-corrected chi connectivity index (χ4v) is 4.96. The van der Waals surface area contributed by atoms with Crippen LogP contribution in [0.15, 0.2) is 35.0 Å². The predicted octanol–water partition coefficient (Wildman–Crippen LogP) is 4.38. The van der Waals surface area contributed by atoms with Crippen LogP contribution in [-0.2, 0) is 0 Å². The maximum Gasteiger partial charge on any atom is 0.245 e. The van der Waals surface area contributed by atoms with Crippen molar-refractivity contribution in [2.75, 3.05) is 19.0 Å². The Morgan fingerprint density at radius 1 is 1.26 bits per heavy atom. The Morgan fingerprint density at radius 3 is 2.44 bits per heavy atom. The normalized spacial score (nSPS) is 18.4. The van der Waals surface area contributed by atoms with Gasteiger partial charge in [0.05, 0.1) is 12.3 Å². The first-order valence-electron chi connectivity index (χ1n) is 11.6. The minimum absolute atomic E-state index is 0.0144. The fraction of sp³-hybridized carbons (Fsp3) is 0.500. The van der Waals surface area contributed by atoms with Crippen LogP contribution >= 0.6 is 0 Å². The number of benzene rings is 1. The highest BCUT2D eigenvalue weighted by molar-refractivity contribution is 6.12. The van der Waals surface area contributed by atoms with Crippen molar-refractivity contribution in [2.45, 2.75) is 71.0 Å². The Bertz CT molecular complexity index is 1110. The Balaban J connectivity index is 1.86. The number of nitriles is 1. The standard InChI is InChI=1S/C26H35N7O/c1-8-17(14-27)21(15-28-6)18-9-10-20(23(34)11-18)22-16-29-24(31-30-22)33(7)19-12-25(2,3)32-26(4,5)13-19/h9-11,15-16,19,32,34H,8,12-13H2,1-7H3/b21-17-,28-15?. The summed E-state index contributed by atoms with van der Waals surface area (Å²) in [6, 6.07) is 7.74. The molecule has 1 fully saturated rings. The van der Waals surface area contributed by atoms with Crippen LogP contribution in [-0.4, -0.2) is 57.7 Å². The number of phenols is 1. The van der Waals surface area contributed by atoms with E-state index in [9.17, 15) is 10.4 Å². The quantitative estimate of drug-likeness (QED) is 0.485. The Kier molecular flexibility index (Phi) is 7.37. The number of hydrogen-bond acceptors (Lipinski definition) is 8.